The van der Waals surface area contributed by atoms with Gasteiger partial charge in [0.15, 0.2) is 0 Å². The van der Waals surface area contributed by atoms with Crippen molar-refractivity contribution < 1.29 is 24.4 Å². The Kier molecular flexibility index (Phi) is 5.35. The van der Waals surface area contributed by atoms with E-state index >= 15 is 0 Å². The number of methoxy groups -OCH3 is 1. The highest BCUT2D eigenvalue weighted by Crippen LogP contribution is 2.28. The van der Waals surface area contributed by atoms with Gasteiger partial charge >= 0.3 is 12.1 Å². The fourth-order valence-corrected chi connectivity index (χ4v) is 2.68. The lowest BCUT2D eigenvalue weighted by molar-refractivity contribution is -0.385. The van der Waals surface area contributed by atoms with Gasteiger partial charge in [0.2, 0.25) is 0 Å². The number of carbonyl (C=O) groups excluding carboxylic acids is 1. The predicted octanol–water partition coefficient (Wildman–Crippen LogP) is 2.33. The molecule has 2 rings (SSSR count). The third kappa shape index (κ3) is 4.11. The van der Waals surface area contributed by atoms with Crippen LogP contribution in [-0.2, 0) is 4.74 Å². The quantitative estimate of drug-likeness (QED) is 0.385. The molecule has 0 atom stereocenters. The van der Waals surface area contributed by atoms with Gasteiger partial charge in [-0.15, -0.1) is 0 Å². The Labute approximate surface area is 144 Å². The lowest BCUT2D eigenvalue weighted by Gasteiger charge is -2.35. The normalized spacial score (nSPS) is 16.6. The predicted molar refractivity (Wildman–Crippen MR) is 89.3 cm³/mol. The Morgan fingerprint density at radius 1 is 1.40 bits per heavy atom. The third-order valence-electron chi connectivity index (χ3n) is 4.28. The van der Waals surface area contributed by atoms with Gasteiger partial charge in [0.25, 0.3) is 5.69 Å². The number of carboxylic acid groups (broad SMARTS) is 1. The average Bonchev–Trinajstić information content (AvgIpc) is 2.59. The SMILES string of the molecule is COC(=O)c1cccc(/C=N/C2(C)CCN(C(=O)O)CC2)c1[N+](=O)[O-]. The van der Waals surface area contributed by atoms with E-state index in [4.69, 9.17) is 5.11 Å². The van der Waals surface area contributed by atoms with E-state index in [1.165, 1.54) is 29.3 Å². The van der Waals surface area contributed by atoms with E-state index in [2.05, 4.69) is 9.73 Å². The highest BCUT2D eigenvalue weighted by molar-refractivity contribution is 5.99. The van der Waals surface area contributed by atoms with Crippen molar-refractivity contribution in [1.82, 2.24) is 4.90 Å². The molecular weight excluding hydrogens is 330 g/mol. The molecule has 9 nitrogen and oxygen atoms in total. The van der Waals surface area contributed by atoms with Crippen molar-refractivity contribution in [3.8, 4) is 0 Å². The largest absolute Gasteiger partial charge is 0.465 e. The second-order valence-electron chi connectivity index (χ2n) is 6.02. The molecule has 134 valence electrons. The first-order valence-electron chi connectivity index (χ1n) is 7.66. The van der Waals surface area contributed by atoms with E-state index in [0.717, 1.165) is 7.11 Å². The lowest BCUT2D eigenvalue weighted by Crippen LogP contribution is -2.43. The number of hydrogen-bond donors (Lipinski definition) is 1. The molecule has 0 aliphatic carbocycles. The van der Waals surface area contributed by atoms with Crippen molar-refractivity contribution >= 4 is 24.0 Å². The van der Waals surface area contributed by atoms with Gasteiger partial charge in [-0.2, -0.15) is 0 Å². The van der Waals surface area contributed by atoms with E-state index in [1.807, 2.05) is 6.92 Å². The molecule has 9 heteroatoms. The maximum Gasteiger partial charge on any atom is 0.407 e. The Bertz CT molecular complexity index is 723. The highest BCUT2D eigenvalue weighted by Gasteiger charge is 2.31. The van der Waals surface area contributed by atoms with Crippen molar-refractivity contribution in [3.05, 3.63) is 39.4 Å². The topological polar surface area (TPSA) is 122 Å². The van der Waals surface area contributed by atoms with Crippen molar-refractivity contribution in [3.63, 3.8) is 0 Å². The summed E-state index contributed by atoms with van der Waals surface area (Å²) in [6, 6.07) is 4.36. The van der Waals surface area contributed by atoms with Crippen LogP contribution in [0.15, 0.2) is 23.2 Å². The number of esters is 1. The molecule has 0 saturated carbocycles. The molecule has 1 aliphatic heterocycles. The van der Waals surface area contributed by atoms with Crippen molar-refractivity contribution in [2.24, 2.45) is 4.99 Å². The summed E-state index contributed by atoms with van der Waals surface area (Å²) >= 11 is 0. The van der Waals surface area contributed by atoms with E-state index in [9.17, 15) is 19.7 Å². The van der Waals surface area contributed by atoms with Gasteiger partial charge in [0, 0.05) is 19.3 Å². The molecule has 0 aromatic heterocycles. The molecule has 1 N–H and O–H groups in total. The molecule has 1 aliphatic rings. The van der Waals surface area contributed by atoms with Crippen LogP contribution in [0.25, 0.3) is 0 Å². The molecule has 1 fully saturated rings. The third-order valence-corrected chi connectivity index (χ3v) is 4.28. The Morgan fingerprint density at radius 2 is 2.04 bits per heavy atom. The van der Waals surface area contributed by atoms with Gasteiger partial charge < -0.3 is 14.7 Å². The summed E-state index contributed by atoms with van der Waals surface area (Å²) in [5, 5.41) is 20.4. The molecule has 1 aromatic rings. The summed E-state index contributed by atoms with van der Waals surface area (Å²) in [4.78, 5) is 39.2. The van der Waals surface area contributed by atoms with E-state index in [1.54, 1.807) is 0 Å². The second kappa shape index (κ2) is 7.29. The first-order chi connectivity index (χ1) is 11.8. The number of likely N-dealkylation sites (tertiary alicyclic amines) is 1. The van der Waals surface area contributed by atoms with E-state index in [-0.39, 0.29) is 16.8 Å². The maximum atomic E-state index is 11.7. The van der Waals surface area contributed by atoms with Gasteiger partial charge in [-0.3, -0.25) is 15.1 Å². The summed E-state index contributed by atoms with van der Waals surface area (Å²) in [7, 11) is 1.16. The molecule has 0 radical (unpaired) electrons. The highest BCUT2D eigenvalue weighted by atomic mass is 16.6. The second-order valence-corrected chi connectivity index (χ2v) is 6.02. The monoisotopic (exact) mass is 349 g/mol. The van der Waals surface area contributed by atoms with Gasteiger partial charge in [-0.25, -0.2) is 9.59 Å². The number of rotatable bonds is 4. The molecule has 0 bridgehead atoms. The van der Waals surface area contributed by atoms with Gasteiger partial charge in [-0.1, -0.05) is 6.07 Å². The van der Waals surface area contributed by atoms with E-state index < -0.39 is 22.5 Å². The number of nitro groups is 1. The van der Waals surface area contributed by atoms with Crippen LogP contribution in [0.2, 0.25) is 0 Å². The van der Waals surface area contributed by atoms with Crippen LogP contribution in [0.4, 0.5) is 10.5 Å². The molecule has 1 aromatic carbocycles. The number of aliphatic imine (C=N–C) groups is 1. The number of para-hydroxylation sites is 1. The number of amides is 1. The van der Waals surface area contributed by atoms with Crippen LogP contribution in [0.3, 0.4) is 0 Å². The van der Waals surface area contributed by atoms with Crippen LogP contribution in [-0.4, -0.2) is 58.9 Å². The smallest absolute Gasteiger partial charge is 0.407 e. The minimum atomic E-state index is -0.965. The zero-order valence-electron chi connectivity index (χ0n) is 14.0. The number of ether oxygens (including phenoxy) is 1. The Balaban J connectivity index is 2.28. The molecule has 25 heavy (non-hydrogen) atoms. The summed E-state index contributed by atoms with van der Waals surface area (Å²) in [6.45, 7) is 2.58. The fraction of sp³-hybridized carbons (Fsp3) is 0.438. The van der Waals surface area contributed by atoms with Gasteiger partial charge in [0.1, 0.15) is 5.56 Å². The van der Waals surface area contributed by atoms with Crippen LogP contribution >= 0.6 is 0 Å². The van der Waals surface area contributed by atoms with Gasteiger partial charge in [-0.05, 0) is 31.9 Å². The van der Waals surface area contributed by atoms with Crippen molar-refractivity contribution in [2.75, 3.05) is 20.2 Å². The Morgan fingerprint density at radius 3 is 2.56 bits per heavy atom. The number of nitro benzene ring substituents is 1. The number of benzene rings is 1. The van der Waals surface area contributed by atoms with Crippen molar-refractivity contribution in [1.29, 1.82) is 0 Å². The van der Waals surface area contributed by atoms with Crippen LogP contribution in [0.1, 0.15) is 35.7 Å². The summed E-state index contributed by atoms with van der Waals surface area (Å²) < 4.78 is 4.58. The van der Waals surface area contributed by atoms with Crippen LogP contribution < -0.4 is 0 Å². The first kappa shape index (κ1) is 18.4. The summed E-state index contributed by atoms with van der Waals surface area (Å²) in [6.07, 6.45) is 1.44. The number of carbonyl (C=O) groups is 2. The maximum absolute atomic E-state index is 11.7. The van der Waals surface area contributed by atoms with Crippen molar-refractivity contribution in [2.45, 2.75) is 25.3 Å². The molecule has 1 heterocycles. The molecule has 0 unspecified atom stereocenters. The molecule has 0 spiro atoms. The summed E-state index contributed by atoms with van der Waals surface area (Å²) in [5.74, 6) is -0.789. The fourth-order valence-electron chi connectivity index (χ4n) is 2.68. The molecule has 1 saturated heterocycles. The first-order valence-corrected chi connectivity index (χ1v) is 7.66. The average molecular weight is 349 g/mol. The number of hydrogen-bond acceptors (Lipinski definition) is 6. The Hall–Kier alpha value is -2.97. The lowest BCUT2D eigenvalue weighted by atomic mass is 9.90. The standard InChI is InChI=1S/C16H19N3O6/c1-16(6-8-18(9-7-16)15(21)22)17-10-11-4-3-5-12(14(20)25-2)13(11)19(23)24/h3-5,10H,6-9H2,1-2H3,(H,21,22)/b17-10+. The minimum Gasteiger partial charge on any atom is -0.465 e. The van der Waals surface area contributed by atoms with Gasteiger partial charge in [0.05, 0.1) is 23.1 Å². The summed E-state index contributed by atoms with van der Waals surface area (Å²) in [5.41, 5.74) is -0.803. The minimum absolute atomic E-state index is 0.137. The zero-order valence-corrected chi connectivity index (χ0v) is 14.0. The van der Waals surface area contributed by atoms with E-state index in [0.29, 0.717) is 25.9 Å². The number of piperidine rings is 1. The number of nitrogens with zero attached hydrogens (tertiary/aromatic N) is 3. The molecule has 1 amide bonds. The van der Waals surface area contributed by atoms with Crippen LogP contribution in [0, 0.1) is 10.1 Å². The molecular formula is C16H19N3O6. The zero-order chi connectivity index (χ0) is 18.6. The van der Waals surface area contributed by atoms with Crippen LogP contribution in [0.5, 0.6) is 0 Å².